The van der Waals surface area contributed by atoms with Crippen LogP contribution in [0.25, 0.3) is 0 Å². The highest BCUT2D eigenvalue weighted by molar-refractivity contribution is 14.0. The summed E-state index contributed by atoms with van der Waals surface area (Å²) in [6.45, 7) is 8.37. The van der Waals surface area contributed by atoms with Gasteiger partial charge in [0.25, 0.3) is 0 Å². The molecule has 0 spiro atoms. The minimum atomic E-state index is -2.88. The van der Waals surface area contributed by atoms with Crippen molar-refractivity contribution in [2.45, 2.75) is 26.3 Å². The third-order valence-electron chi connectivity index (χ3n) is 4.85. The fourth-order valence-corrected chi connectivity index (χ4v) is 5.31. The smallest absolute Gasteiger partial charge is 0.194 e. The van der Waals surface area contributed by atoms with Crippen LogP contribution in [0.3, 0.4) is 0 Å². The molecule has 3 rings (SSSR count). The van der Waals surface area contributed by atoms with Gasteiger partial charge in [-0.05, 0) is 48.9 Å². The molecule has 0 amide bonds. The van der Waals surface area contributed by atoms with Gasteiger partial charge in [-0.1, -0.05) is 18.2 Å². The number of nitrogens with zero attached hydrogens (tertiary/aromatic N) is 2. The van der Waals surface area contributed by atoms with E-state index in [2.05, 4.69) is 21.8 Å². The van der Waals surface area contributed by atoms with Crippen molar-refractivity contribution < 1.29 is 12.8 Å². The predicted molar refractivity (Wildman–Crippen MR) is 118 cm³/mol. The van der Waals surface area contributed by atoms with E-state index in [1.807, 2.05) is 13.0 Å². The topological polar surface area (TPSA) is 61.8 Å². The lowest BCUT2D eigenvalue weighted by Crippen LogP contribution is -2.45. The van der Waals surface area contributed by atoms with Gasteiger partial charge in [0.05, 0.1) is 18.1 Å². The Hall–Kier alpha value is -1.16. The maximum atomic E-state index is 13.4. The van der Waals surface area contributed by atoms with Gasteiger partial charge in [0.1, 0.15) is 5.82 Å². The quantitative estimate of drug-likeness (QED) is 0.295. The molecule has 0 aromatic heterocycles. The van der Waals surface area contributed by atoms with Crippen LogP contribution in [0.15, 0.2) is 35.3 Å². The first kappa shape index (κ1) is 22.1. The van der Waals surface area contributed by atoms with E-state index in [-0.39, 0.29) is 47.2 Å². The summed E-state index contributed by atoms with van der Waals surface area (Å²) in [5.41, 5.74) is 3.11. The first-order valence-corrected chi connectivity index (χ1v) is 10.8. The molecular formula is C19H27FIN3O2S. The van der Waals surface area contributed by atoms with Gasteiger partial charge in [-0.3, -0.25) is 0 Å². The Kier molecular flexibility index (Phi) is 7.67. The minimum absolute atomic E-state index is 0. The third-order valence-corrected chi connectivity index (χ3v) is 6.69. The first-order valence-electron chi connectivity index (χ1n) is 8.98. The molecule has 1 fully saturated rings. The van der Waals surface area contributed by atoms with Crippen LogP contribution >= 0.6 is 24.0 Å². The standard InChI is InChI=1S/C19H26FN3O2S.HI/c1-14(2)10-21-19(22-11-15-6-8-26(24,25)13-15)23-7-5-16-9-18(20)4-3-17(16)12-23;/h3-4,9,15H,1,5-8,10-13H2,2H3,(H,21,22);1H. The molecule has 2 heterocycles. The second-order valence-corrected chi connectivity index (χ2v) is 9.56. The monoisotopic (exact) mass is 507 g/mol. The van der Waals surface area contributed by atoms with Crippen LogP contribution in [0, 0.1) is 11.7 Å². The predicted octanol–water partition coefficient (Wildman–Crippen LogP) is 2.76. The Bertz CT molecular complexity index is 826. The SMILES string of the molecule is C=C(C)CN=C(NCC1CCS(=O)(=O)C1)N1CCc2cc(F)ccc2C1.I. The molecule has 27 heavy (non-hydrogen) atoms. The van der Waals surface area contributed by atoms with Crippen molar-refractivity contribution in [3.8, 4) is 0 Å². The van der Waals surface area contributed by atoms with E-state index in [0.717, 1.165) is 35.6 Å². The lowest BCUT2D eigenvalue weighted by atomic mass is 10.00. The summed E-state index contributed by atoms with van der Waals surface area (Å²) in [6, 6.07) is 4.93. The normalized spacial score (nSPS) is 21.3. The number of sulfone groups is 1. The van der Waals surface area contributed by atoms with Crippen LogP contribution < -0.4 is 5.32 Å². The molecule has 1 N–H and O–H groups in total. The lowest BCUT2D eigenvalue weighted by Gasteiger charge is -2.32. The molecule has 0 saturated carbocycles. The van der Waals surface area contributed by atoms with Crippen molar-refractivity contribution >= 4 is 39.8 Å². The maximum absolute atomic E-state index is 13.4. The van der Waals surface area contributed by atoms with E-state index in [4.69, 9.17) is 0 Å². The van der Waals surface area contributed by atoms with E-state index in [0.29, 0.717) is 26.1 Å². The summed E-state index contributed by atoms with van der Waals surface area (Å²) in [4.78, 5) is 6.79. The van der Waals surface area contributed by atoms with Crippen molar-refractivity contribution in [3.05, 3.63) is 47.3 Å². The van der Waals surface area contributed by atoms with Crippen LogP contribution in [0.5, 0.6) is 0 Å². The molecule has 150 valence electrons. The van der Waals surface area contributed by atoms with Gasteiger partial charge in [-0.25, -0.2) is 17.8 Å². The van der Waals surface area contributed by atoms with Gasteiger partial charge in [0.15, 0.2) is 15.8 Å². The molecule has 0 bridgehead atoms. The molecule has 2 aliphatic rings. The highest BCUT2D eigenvalue weighted by Gasteiger charge is 2.28. The van der Waals surface area contributed by atoms with Crippen molar-refractivity contribution in [2.24, 2.45) is 10.9 Å². The molecule has 1 aromatic rings. The zero-order valence-corrected chi connectivity index (χ0v) is 18.7. The van der Waals surface area contributed by atoms with Crippen molar-refractivity contribution in [1.82, 2.24) is 10.2 Å². The Morgan fingerprint density at radius 3 is 2.85 bits per heavy atom. The number of hydrogen-bond donors (Lipinski definition) is 1. The highest BCUT2D eigenvalue weighted by atomic mass is 127. The number of fused-ring (bicyclic) bond motifs is 1. The van der Waals surface area contributed by atoms with Crippen LogP contribution in [0.1, 0.15) is 24.5 Å². The number of guanidine groups is 1. The van der Waals surface area contributed by atoms with E-state index < -0.39 is 9.84 Å². The van der Waals surface area contributed by atoms with Crippen LogP contribution in [0.4, 0.5) is 4.39 Å². The van der Waals surface area contributed by atoms with Gasteiger partial charge in [-0.2, -0.15) is 0 Å². The largest absolute Gasteiger partial charge is 0.356 e. The summed E-state index contributed by atoms with van der Waals surface area (Å²) < 4.78 is 36.7. The molecule has 2 aliphatic heterocycles. The number of rotatable bonds is 4. The molecule has 5 nitrogen and oxygen atoms in total. The summed E-state index contributed by atoms with van der Waals surface area (Å²) >= 11 is 0. The van der Waals surface area contributed by atoms with Gasteiger partial charge in [0.2, 0.25) is 0 Å². The Labute approximate surface area is 178 Å². The van der Waals surface area contributed by atoms with Crippen molar-refractivity contribution in [3.63, 3.8) is 0 Å². The van der Waals surface area contributed by atoms with Gasteiger partial charge >= 0.3 is 0 Å². The Balaban J connectivity index is 0.00000261. The van der Waals surface area contributed by atoms with Crippen LogP contribution in [-0.2, 0) is 22.8 Å². The fraction of sp³-hybridized carbons (Fsp3) is 0.526. The van der Waals surface area contributed by atoms with E-state index in [1.54, 1.807) is 6.07 Å². The van der Waals surface area contributed by atoms with Crippen molar-refractivity contribution in [1.29, 1.82) is 0 Å². The van der Waals surface area contributed by atoms with Crippen molar-refractivity contribution in [2.75, 3.05) is 31.1 Å². The van der Waals surface area contributed by atoms with Gasteiger partial charge in [0, 0.05) is 19.6 Å². The Morgan fingerprint density at radius 1 is 1.41 bits per heavy atom. The summed E-state index contributed by atoms with van der Waals surface area (Å²) in [5.74, 6) is 1.22. The molecule has 1 unspecified atom stereocenters. The molecule has 1 aromatic carbocycles. The highest BCUT2D eigenvalue weighted by Crippen LogP contribution is 2.21. The molecule has 1 saturated heterocycles. The maximum Gasteiger partial charge on any atom is 0.194 e. The molecule has 0 radical (unpaired) electrons. The number of nitrogens with one attached hydrogen (secondary N) is 1. The summed E-state index contributed by atoms with van der Waals surface area (Å²) in [6.07, 6.45) is 1.46. The minimum Gasteiger partial charge on any atom is -0.356 e. The van der Waals surface area contributed by atoms with E-state index in [1.165, 1.54) is 6.07 Å². The fourth-order valence-electron chi connectivity index (χ4n) is 3.45. The van der Waals surface area contributed by atoms with Gasteiger partial charge in [-0.15, -0.1) is 24.0 Å². The number of aliphatic imine (C=N–C) groups is 1. The number of benzene rings is 1. The molecule has 8 heteroatoms. The third kappa shape index (κ3) is 6.17. The van der Waals surface area contributed by atoms with Crippen LogP contribution in [-0.4, -0.2) is 50.4 Å². The molecule has 1 atom stereocenters. The van der Waals surface area contributed by atoms with E-state index in [9.17, 15) is 12.8 Å². The lowest BCUT2D eigenvalue weighted by molar-refractivity contribution is 0.373. The zero-order chi connectivity index (χ0) is 18.7. The average molecular weight is 507 g/mol. The Morgan fingerprint density at radius 2 is 2.19 bits per heavy atom. The average Bonchev–Trinajstić information content (AvgIpc) is 2.93. The second kappa shape index (κ2) is 9.36. The second-order valence-electron chi connectivity index (χ2n) is 7.33. The number of hydrogen-bond acceptors (Lipinski definition) is 3. The summed E-state index contributed by atoms with van der Waals surface area (Å²) in [7, 11) is -2.88. The van der Waals surface area contributed by atoms with Crippen LogP contribution in [0.2, 0.25) is 0 Å². The van der Waals surface area contributed by atoms with Gasteiger partial charge < -0.3 is 10.2 Å². The first-order chi connectivity index (χ1) is 12.3. The van der Waals surface area contributed by atoms with E-state index >= 15 is 0 Å². The molecular weight excluding hydrogens is 480 g/mol. The summed E-state index contributed by atoms with van der Waals surface area (Å²) in [5, 5.41) is 3.36. The number of halogens is 2. The zero-order valence-electron chi connectivity index (χ0n) is 15.6. The molecule has 0 aliphatic carbocycles.